The number of benzene rings is 2. The maximum absolute atomic E-state index is 13.0. The first kappa shape index (κ1) is 33.1. The number of amides is 1. The van der Waals surface area contributed by atoms with Crippen LogP contribution in [0.3, 0.4) is 0 Å². The minimum absolute atomic E-state index is 0.0369. The third kappa shape index (κ3) is 12.8. The summed E-state index contributed by atoms with van der Waals surface area (Å²) in [4.78, 5) is 25.9. The average Bonchev–Trinajstić information content (AvgIpc) is 2.94. The quantitative estimate of drug-likeness (QED) is 0.239. The molecule has 0 aliphatic heterocycles. The number of carbonyl (C=O) groups is 2. The van der Waals surface area contributed by atoms with E-state index in [4.69, 9.17) is 9.47 Å². The molecule has 0 heterocycles. The van der Waals surface area contributed by atoms with Crippen molar-refractivity contribution in [1.29, 1.82) is 0 Å². The van der Waals surface area contributed by atoms with Crippen LogP contribution in [-0.2, 0) is 27.2 Å². The van der Waals surface area contributed by atoms with Gasteiger partial charge in [0.25, 0.3) is 0 Å². The Labute approximate surface area is 238 Å². The summed E-state index contributed by atoms with van der Waals surface area (Å²) in [6.45, 7) is 8.80. The van der Waals surface area contributed by atoms with Crippen LogP contribution in [0.1, 0.15) is 51.7 Å². The van der Waals surface area contributed by atoms with Gasteiger partial charge in [0.1, 0.15) is 36.9 Å². The number of esters is 1. The maximum atomic E-state index is 13.0. The molecule has 0 aromatic heterocycles. The van der Waals surface area contributed by atoms with Crippen LogP contribution in [0, 0.1) is 0 Å². The van der Waals surface area contributed by atoms with Crippen molar-refractivity contribution in [2.75, 3.05) is 33.4 Å². The molecule has 2 atom stereocenters. The van der Waals surface area contributed by atoms with E-state index in [-0.39, 0.29) is 37.7 Å². The van der Waals surface area contributed by atoms with Gasteiger partial charge in [0.05, 0.1) is 13.7 Å². The Kier molecular flexibility index (Phi) is 14.5. The molecule has 2 aromatic carbocycles. The van der Waals surface area contributed by atoms with E-state index in [0.29, 0.717) is 49.8 Å². The van der Waals surface area contributed by atoms with Gasteiger partial charge in [-0.25, -0.2) is 0 Å². The number of nitrogens with one attached hydrogen (secondary N) is 1. The summed E-state index contributed by atoms with van der Waals surface area (Å²) < 4.78 is 16.0. The summed E-state index contributed by atoms with van der Waals surface area (Å²) in [5, 5.41) is 23.7. The maximum Gasteiger partial charge on any atom is 0.305 e. The summed E-state index contributed by atoms with van der Waals surface area (Å²) in [7, 11) is 1.37. The van der Waals surface area contributed by atoms with E-state index in [1.807, 2.05) is 64.1 Å². The van der Waals surface area contributed by atoms with E-state index in [2.05, 4.69) is 10.1 Å². The number of aryl methyl sites for hydroxylation is 2. The minimum atomic E-state index is -0.840. The zero-order valence-electron chi connectivity index (χ0n) is 24.5. The van der Waals surface area contributed by atoms with Gasteiger partial charge < -0.3 is 34.6 Å². The van der Waals surface area contributed by atoms with Gasteiger partial charge in [-0.1, -0.05) is 38.1 Å². The van der Waals surface area contributed by atoms with Crippen molar-refractivity contribution in [3.05, 3.63) is 59.7 Å². The molecule has 0 aliphatic rings. The topological polar surface area (TPSA) is 118 Å². The van der Waals surface area contributed by atoms with Crippen LogP contribution in [0.25, 0.3) is 0 Å². The second kappa shape index (κ2) is 17.5. The van der Waals surface area contributed by atoms with Gasteiger partial charge >= 0.3 is 5.97 Å². The Balaban J connectivity index is 1.76. The second-order valence-electron chi connectivity index (χ2n) is 10.5. The normalized spacial score (nSPS) is 12.7. The summed E-state index contributed by atoms with van der Waals surface area (Å²) in [6, 6.07) is 15.1. The second-order valence-corrected chi connectivity index (χ2v) is 10.5. The highest BCUT2D eigenvalue weighted by Crippen LogP contribution is 2.16. The molecule has 222 valence electrons. The van der Waals surface area contributed by atoms with Gasteiger partial charge in [0.2, 0.25) is 5.91 Å². The zero-order chi connectivity index (χ0) is 29.5. The highest BCUT2D eigenvalue weighted by Gasteiger charge is 2.21. The largest absolute Gasteiger partial charge is 0.491 e. The van der Waals surface area contributed by atoms with Crippen LogP contribution in [0.4, 0.5) is 0 Å². The van der Waals surface area contributed by atoms with Crippen molar-refractivity contribution in [1.82, 2.24) is 10.2 Å². The molecular formula is C31H46N2O7. The van der Waals surface area contributed by atoms with E-state index in [9.17, 15) is 19.8 Å². The lowest BCUT2D eigenvalue weighted by Gasteiger charge is -2.29. The van der Waals surface area contributed by atoms with E-state index < -0.39 is 12.2 Å². The number of nitrogens with zero attached hydrogens (tertiary/aromatic N) is 1. The van der Waals surface area contributed by atoms with Gasteiger partial charge in [0, 0.05) is 31.5 Å². The van der Waals surface area contributed by atoms with Gasteiger partial charge in [-0.2, -0.15) is 0 Å². The molecule has 0 bridgehead atoms. The molecule has 0 spiro atoms. The number of carbonyl (C=O) groups excluding carboxylic acids is 2. The molecule has 2 aromatic rings. The van der Waals surface area contributed by atoms with Crippen LogP contribution in [0.2, 0.25) is 0 Å². The Morgan fingerprint density at radius 3 is 1.77 bits per heavy atom. The zero-order valence-corrected chi connectivity index (χ0v) is 24.5. The number of methoxy groups -OCH3 is 1. The minimum Gasteiger partial charge on any atom is -0.491 e. The van der Waals surface area contributed by atoms with Gasteiger partial charge in [-0.05, 0) is 62.1 Å². The monoisotopic (exact) mass is 558 g/mol. The molecule has 0 fully saturated rings. The molecule has 40 heavy (non-hydrogen) atoms. The van der Waals surface area contributed by atoms with E-state index in [1.165, 1.54) is 7.11 Å². The lowest BCUT2D eigenvalue weighted by molar-refractivity contribution is -0.140. The van der Waals surface area contributed by atoms with Crippen LogP contribution < -0.4 is 14.8 Å². The first-order chi connectivity index (χ1) is 19.1. The van der Waals surface area contributed by atoms with Gasteiger partial charge in [-0.3, -0.25) is 9.59 Å². The molecule has 1 amide bonds. The third-order valence-electron chi connectivity index (χ3n) is 6.32. The molecule has 2 rings (SSSR count). The molecule has 9 nitrogen and oxygen atoms in total. The Morgan fingerprint density at radius 1 is 0.800 bits per heavy atom. The SMILES string of the molecule is COC(=O)CCc1ccc(OCC(O)CN(C(=O)CCc2ccc(OCC(O)CNC(C)C)cc2)C(C)C)cc1. The predicted molar refractivity (Wildman–Crippen MR) is 155 cm³/mol. The summed E-state index contributed by atoms with van der Waals surface area (Å²) in [5.41, 5.74) is 2.00. The van der Waals surface area contributed by atoms with Gasteiger partial charge in [-0.15, -0.1) is 0 Å². The number of aliphatic hydroxyl groups excluding tert-OH is 2. The first-order valence-electron chi connectivity index (χ1n) is 14.0. The summed E-state index contributed by atoms with van der Waals surface area (Å²) >= 11 is 0. The van der Waals surface area contributed by atoms with Crippen molar-refractivity contribution in [2.24, 2.45) is 0 Å². The van der Waals surface area contributed by atoms with Crippen molar-refractivity contribution < 1.29 is 34.0 Å². The molecule has 3 N–H and O–H groups in total. The lowest BCUT2D eigenvalue weighted by Crippen LogP contribution is -2.43. The number of aliphatic hydroxyl groups is 2. The van der Waals surface area contributed by atoms with Crippen molar-refractivity contribution in [3.63, 3.8) is 0 Å². The number of rotatable bonds is 18. The van der Waals surface area contributed by atoms with Crippen LogP contribution in [0.5, 0.6) is 11.5 Å². The Morgan fingerprint density at radius 2 is 1.30 bits per heavy atom. The van der Waals surface area contributed by atoms with E-state index in [1.54, 1.807) is 17.0 Å². The fourth-order valence-electron chi connectivity index (χ4n) is 3.94. The fourth-order valence-corrected chi connectivity index (χ4v) is 3.94. The molecule has 2 unspecified atom stereocenters. The number of hydrogen-bond acceptors (Lipinski definition) is 8. The van der Waals surface area contributed by atoms with Crippen LogP contribution >= 0.6 is 0 Å². The molecular weight excluding hydrogens is 512 g/mol. The first-order valence-corrected chi connectivity index (χ1v) is 14.0. The molecule has 0 saturated heterocycles. The predicted octanol–water partition coefficient (Wildman–Crippen LogP) is 3.14. The van der Waals surface area contributed by atoms with Crippen molar-refractivity contribution in [2.45, 2.75) is 77.7 Å². The summed E-state index contributed by atoms with van der Waals surface area (Å²) in [6.07, 6.45) is 0.354. The Bertz CT molecular complexity index is 1010. The van der Waals surface area contributed by atoms with Crippen molar-refractivity contribution >= 4 is 11.9 Å². The Hall–Kier alpha value is -3.14. The molecule has 0 saturated carbocycles. The van der Waals surface area contributed by atoms with E-state index >= 15 is 0 Å². The van der Waals surface area contributed by atoms with Gasteiger partial charge in [0.15, 0.2) is 0 Å². The lowest BCUT2D eigenvalue weighted by atomic mass is 10.1. The molecule has 0 aliphatic carbocycles. The third-order valence-corrected chi connectivity index (χ3v) is 6.32. The number of ether oxygens (including phenoxy) is 3. The van der Waals surface area contributed by atoms with Crippen molar-refractivity contribution in [3.8, 4) is 11.5 Å². The van der Waals surface area contributed by atoms with Crippen LogP contribution in [0.15, 0.2) is 48.5 Å². The smallest absolute Gasteiger partial charge is 0.305 e. The fraction of sp³-hybridized carbons (Fsp3) is 0.548. The molecule has 0 radical (unpaired) electrons. The highest BCUT2D eigenvalue weighted by atomic mass is 16.5. The summed E-state index contributed by atoms with van der Waals surface area (Å²) in [5.74, 6) is 0.988. The van der Waals surface area contributed by atoms with Crippen LogP contribution in [-0.4, -0.2) is 84.7 Å². The standard InChI is InChI=1S/C31H46N2O7/c1-22(2)32-18-26(34)20-39-28-12-6-24(7-13-28)10-16-30(36)33(23(3)4)19-27(35)21-40-29-14-8-25(9-15-29)11-17-31(37)38-5/h6-9,12-15,22-23,26-27,32,34-35H,10-11,16-21H2,1-5H3. The number of hydrogen-bond donors (Lipinski definition) is 3. The van der Waals surface area contributed by atoms with E-state index in [0.717, 1.165) is 11.1 Å². The molecule has 9 heteroatoms. The average molecular weight is 559 g/mol. The highest BCUT2D eigenvalue weighted by molar-refractivity contribution is 5.76.